The van der Waals surface area contributed by atoms with Gasteiger partial charge in [-0.2, -0.15) is 0 Å². The Hall–Kier alpha value is -0.710. The summed E-state index contributed by atoms with van der Waals surface area (Å²) >= 11 is 1.92. The molecular weight excluding hydrogens is 316 g/mol. The number of nitrogens with one attached hydrogen (secondary N) is 1. The largest absolute Gasteiger partial charge is 0.328 e. The molecule has 0 bridgehead atoms. The molecule has 1 aromatic carbocycles. The second-order valence-electron chi connectivity index (χ2n) is 6.28. The number of anilines is 1. The molecule has 3 nitrogen and oxygen atoms in total. The van der Waals surface area contributed by atoms with E-state index in [9.17, 15) is 4.79 Å². The van der Waals surface area contributed by atoms with Gasteiger partial charge in [0.2, 0.25) is 5.91 Å². The highest BCUT2D eigenvalue weighted by molar-refractivity contribution is 8.00. The Labute approximate surface area is 143 Å². The molecule has 0 saturated heterocycles. The third-order valence-corrected chi connectivity index (χ3v) is 6.00. The first kappa shape index (κ1) is 17.6. The van der Waals surface area contributed by atoms with Crippen LogP contribution in [0.4, 0.5) is 5.69 Å². The van der Waals surface area contributed by atoms with Crippen molar-refractivity contribution in [2.45, 2.75) is 61.1 Å². The molecule has 1 aromatic rings. The number of rotatable bonds is 4. The zero-order valence-corrected chi connectivity index (χ0v) is 14.4. The first-order valence-corrected chi connectivity index (χ1v) is 8.92. The van der Waals surface area contributed by atoms with Crippen molar-refractivity contribution in [1.82, 2.24) is 0 Å². The van der Waals surface area contributed by atoms with Gasteiger partial charge in [0.25, 0.3) is 0 Å². The van der Waals surface area contributed by atoms with Gasteiger partial charge in [0.15, 0.2) is 0 Å². The van der Waals surface area contributed by atoms with Crippen LogP contribution in [0.25, 0.3) is 0 Å². The van der Waals surface area contributed by atoms with Crippen molar-refractivity contribution in [3.8, 4) is 0 Å². The van der Waals surface area contributed by atoms with Crippen molar-refractivity contribution < 1.29 is 4.79 Å². The lowest BCUT2D eigenvalue weighted by atomic mass is 10.1. The molecule has 1 amide bonds. The molecular formula is C17H25ClN2OS. The number of benzene rings is 1. The summed E-state index contributed by atoms with van der Waals surface area (Å²) in [7, 11) is 0. The van der Waals surface area contributed by atoms with E-state index >= 15 is 0 Å². The summed E-state index contributed by atoms with van der Waals surface area (Å²) in [4.78, 5) is 13.6. The van der Waals surface area contributed by atoms with E-state index in [1.807, 2.05) is 23.9 Å². The molecule has 5 heteroatoms. The number of halogens is 1. The quantitative estimate of drug-likeness (QED) is 0.863. The third-order valence-electron chi connectivity index (χ3n) is 4.58. The Balaban J connectivity index is 0.00000176. The second kappa shape index (κ2) is 8.23. The third kappa shape index (κ3) is 4.40. The SMILES string of the molecule is Cl.NC1CCC(C(=O)Nc2ccccc2SC2CCCC2)C1. The zero-order chi connectivity index (χ0) is 14.7. The number of nitrogens with two attached hydrogens (primary N) is 1. The highest BCUT2D eigenvalue weighted by Crippen LogP contribution is 2.38. The summed E-state index contributed by atoms with van der Waals surface area (Å²) in [5.74, 6) is 0.229. The van der Waals surface area contributed by atoms with Gasteiger partial charge in [0, 0.05) is 22.1 Å². The van der Waals surface area contributed by atoms with Crippen molar-refractivity contribution in [2.24, 2.45) is 11.7 Å². The highest BCUT2D eigenvalue weighted by Gasteiger charge is 2.28. The van der Waals surface area contributed by atoms with Crippen molar-refractivity contribution in [3.05, 3.63) is 24.3 Å². The van der Waals surface area contributed by atoms with Crippen LogP contribution in [0.5, 0.6) is 0 Å². The fourth-order valence-corrected chi connectivity index (χ4v) is 4.68. The van der Waals surface area contributed by atoms with Gasteiger partial charge >= 0.3 is 0 Å². The van der Waals surface area contributed by atoms with Crippen LogP contribution in [0.3, 0.4) is 0 Å². The van der Waals surface area contributed by atoms with Gasteiger partial charge in [-0.1, -0.05) is 25.0 Å². The minimum absolute atomic E-state index is 0. The predicted octanol–water partition coefficient (Wildman–Crippen LogP) is 4.21. The smallest absolute Gasteiger partial charge is 0.227 e. The molecule has 122 valence electrons. The summed E-state index contributed by atoms with van der Waals surface area (Å²) < 4.78 is 0. The van der Waals surface area contributed by atoms with Gasteiger partial charge in [-0.05, 0) is 44.2 Å². The molecule has 0 radical (unpaired) electrons. The van der Waals surface area contributed by atoms with E-state index in [1.165, 1.54) is 30.6 Å². The van der Waals surface area contributed by atoms with E-state index < -0.39 is 0 Å². The van der Waals surface area contributed by atoms with E-state index in [4.69, 9.17) is 5.73 Å². The van der Waals surface area contributed by atoms with E-state index in [-0.39, 0.29) is 30.3 Å². The number of hydrogen-bond acceptors (Lipinski definition) is 3. The Morgan fingerprint density at radius 1 is 1.14 bits per heavy atom. The molecule has 3 rings (SSSR count). The lowest BCUT2D eigenvalue weighted by Crippen LogP contribution is -2.23. The molecule has 2 aliphatic rings. The number of para-hydroxylation sites is 1. The normalized spacial score (nSPS) is 25.0. The first-order valence-electron chi connectivity index (χ1n) is 8.04. The summed E-state index contributed by atoms with van der Waals surface area (Å²) in [5.41, 5.74) is 6.88. The van der Waals surface area contributed by atoms with Gasteiger partial charge in [0.1, 0.15) is 0 Å². The maximum Gasteiger partial charge on any atom is 0.227 e. The summed E-state index contributed by atoms with van der Waals surface area (Å²) in [6.45, 7) is 0. The van der Waals surface area contributed by atoms with Crippen LogP contribution in [0.2, 0.25) is 0 Å². The number of carbonyl (C=O) groups is 1. The molecule has 2 saturated carbocycles. The maximum atomic E-state index is 12.4. The Bertz CT molecular complexity index is 505. The summed E-state index contributed by atoms with van der Waals surface area (Å²) in [6.07, 6.45) is 7.98. The number of hydrogen-bond donors (Lipinski definition) is 2. The number of amides is 1. The van der Waals surface area contributed by atoms with Gasteiger partial charge in [0.05, 0.1) is 5.69 Å². The Morgan fingerprint density at radius 2 is 1.86 bits per heavy atom. The van der Waals surface area contributed by atoms with Crippen LogP contribution in [0.15, 0.2) is 29.2 Å². The molecule has 2 unspecified atom stereocenters. The van der Waals surface area contributed by atoms with Crippen molar-refractivity contribution in [2.75, 3.05) is 5.32 Å². The van der Waals surface area contributed by atoms with Crippen LogP contribution < -0.4 is 11.1 Å². The lowest BCUT2D eigenvalue weighted by Gasteiger charge is -2.16. The van der Waals surface area contributed by atoms with Crippen LogP contribution in [-0.4, -0.2) is 17.2 Å². The molecule has 2 atom stereocenters. The number of carbonyl (C=O) groups excluding carboxylic acids is 1. The second-order valence-corrected chi connectivity index (χ2v) is 7.62. The van der Waals surface area contributed by atoms with Crippen LogP contribution in [0, 0.1) is 5.92 Å². The first-order chi connectivity index (χ1) is 10.2. The van der Waals surface area contributed by atoms with E-state index in [0.29, 0.717) is 5.25 Å². The topological polar surface area (TPSA) is 55.1 Å². The van der Waals surface area contributed by atoms with Crippen molar-refractivity contribution in [3.63, 3.8) is 0 Å². The van der Waals surface area contributed by atoms with Crippen molar-refractivity contribution in [1.29, 1.82) is 0 Å². The standard InChI is InChI=1S/C17H24N2OS.ClH/c18-13-10-9-12(11-13)17(20)19-15-7-3-4-8-16(15)21-14-5-1-2-6-14;/h3-4,7-8,12-14H,1-2,5-6,9-11,18H2,(H,19,20);1H. The predicted molar refractivity (Wildman–Crippen MR) is 95.7 cm³/mol. The minimum atomic E-state index is 0. The van der Waals surface area contributed by atoms with Gasteiger partial charge in [-0.25, -0.2) is 0 Å². The molecule has 2 aliphatic carbocycles. The van der Waals surface area contributed by atoms with Crippen LogP contribution in [0.1, 0.15) is 44.9 Å². The molecule has 0 heterocycles. The van der Waals surface area contributed by atoms with Gasteiger partial charge < -0.3 is 11.1 Å². The van der Waals surface area contributed by atoms with Crippen LogP contribution in [-0.2, 0) is 4.79 Å². The highest BCUT2D eigenvalue weighted by atomic mass is 35.5. The molecule has 3 N–H and O–H groups in total. The average molecular weight is 341 g/mol. The molecule has 2 fully saturated rings. The van der Waals surface area contributed by atoms with E-state index in [0.717, 1.165) is 24.9 Å². The molecule has 22 heavy (non-hydrogen) atoms. The lowest BCUT2D eigenvalue weighted by molar-refractivity contribution is -0.119. The Kier molecular flexibility index (Phi) is 6.60. The molecule has 0 aliphatic heterocycles. The van der Waals surface area contributed by atoms with Crippen molar-refractivity contribution >= 4 is 35.8 Å². The van der Waals surface area contributed by atoms with E-state index in [1.54, 1.807) is 0 Å². The Morgan fingerprint density at radius 3 is 2.55 bits per heavy atom. The summed E-state index contributed by atoms with van der Waals surface area (Å²) in [6, 6.07) is 8.39. The fraction of sp³-hybridized carbons (Fsp3) is 0.588. The van der Waals surface area contributed by atoms with E-state index in [2.05, 4.69) is 17.4 Å². The maximum absolute atomic E-state index is 12.4. The molecule has 0 aromatic heterocycles. The summed E-state index contributed by atoms with van der Waals surface area (Å²) in [5, 5.41) is 3.84. The van der Waals surface area contributed by atoms with Gasteiger partial charge in [-0.15, -0.1) is 24.2 Å². The fourth-order valence-electron chi connectivity index (χ4n) is 3.35. The average Bonchev–Trinajstić information content (AvgIpc) is 3.12. The zero-order valence-electron chi connectivity index (χ0n) is 12.8. The molecule has 0 spiro atoms. The van der Waals surface area contributed by atoms with Crippen LogP contribution >= 0.6 is 24.2 Å². The minimum Gasteiger partial charge on any atom is -0.328 e. The number of thioether (sulfide) groups is 1. The monoisotopic (exact) mass is 340 g/mol. The van der Waals surface area contributed by atoms with Gasteiger partial charge in [-0.3, -0.25) is 4.79 Å².